The highest BCUT2D eigenvalue weighted by Crippen LogP contribution is 2.26. The average molecular weight is 286 g/mol. The number of hydrogen-bond donors (Lipinski definition) is 0. The highest BCUT2D eigenvalue weighted by atomic mass is 35.5. The van der Waals surface area contributed by atoms with Crippen LogP contribution in [0.5, 0.6) is 11.5 Å². The summed E-state index contributed by atoms with van der Waals surface area (Å²) in [6.07, 6.45) is 1.73. The molecule has 0 N–H and O–H groups in total. The van der Waals surface area contributed by atoms with E-state index >= 15 is 0 Å². The lowest BCUT2D eigenvalue weighted by atomic mass is 10.3. The minimum absolute atomic E-state index is 0. The van der Waals surface area contributed by atoms with Crippen molar-refractivity contribution in [3.05, 3.63) is 36.9 Å². The molecule has 3 nitrogen and oxygen atoms in total. The molecule has 0 atom stereocenters. The molecule has 0 saturated heterocycles. The van der Waals surface area contributed by atoms with Gasteiger partial charge >= 0.3 is 0 Å². The van der Waals surface area contributed by atoms with Crippen LogP contribution in [0.4, 0.5) is 0 Å². The lowest BCUT2D eigenvalue weighted by molar-refractivity contribution is 0.215. The average Bonchev–Trinajstić information content (AvgIpc) is 2.42. The van der Waals surface area contributed by atoms with Gasteiger partial charge in [-0.2, -0.15) is 0 Å². The van der Waals surface area contributed by atoms with Crippen LogP contribution >= 0.6 is 12.4 Å². The molecule has 0 radical (unpaired) electrons. The number of rotatable bonds is 9. The maximum absolute atomic E-state index is 5.77. The third-order valence-electron chi connectivity index (χ3n) is 2.77. The smallest absolute Gasteiger partial charge is 0.161 e. The van der Waals surface area contributed by atoms with Crippen molar-refractivity contribution < 1.29 is 9.47 Å². The van der Waals surface area contributed by atoms with Gasteiger partial charge in [0.05, 0.1) is 0 Å². The third-order valence-corrected chi connectivity index (χ3v) is 2.77. The lowest BCUT2D eigenvalue weighted by Crippen LogP contribution is -2.27. The normalized spacial score (nSPS) is 9.84. The number of halogens is 1. The quantitative estimate of drug-likeness (QED) is 0.649. The van der Waals surface area contributed by atoms with Gasteiger partial charge in [-0.25, -0.2) is 0 Å². The van der Waals surface area contributed by atoms with Crippen LogP contribution in [-0.4, -0.2) is 37.7 Å². The zero-order valence-corrected chi connectivity index (χ0v) is 12.6. The Bertz CT molecular complexity index is 354. The van der Waals surface area contributed by atoms with Gasteiger partial charge in [0, 0.05) is 6.54 Å². The molecule has 4 heteroatoms. The number of hydrogen-bond acceptors (Lipinski definition) is 3. The first-order valence-electron chi connectivity index (χ1n) is 6.49. The van der Waals surface area contributed by atoms with Crippen LogP contribution in [0.15, 0.2) is 36.9 Å². The van der Waals surface area contributed by atoms with Crippen molar-refractivity contribution in [2.24, 2.45) is 0 Å². The van der Waals surface area contributed by atoms with Crippen molar-refractivity contribution >= 4 is 12.4 Å². The fourth-order valence-corrected chi connectivity index (χ4v) is 1.66. The Morgan fingerprint density at radius 2 is 1.68 bits per heavy atom. The molecule has 0 unspecified atom stereocenters. The predicted octanol–water partition coefficient (Wildman–Crippen LogP) is 3.39. The maximum atomic E-state index is 5.77. The Kier molecular flexibility index (Phi) is 10.0. The molecule has 0 fully saturated rings. The Labute approximate surface area is 122 Å². The van der Waals surface area contributed by atoms with E-state index in [1.807, 2.05) is 24.3 Å². The molecule has 0 aliphatic rings. The largest absolute Gasteiger partial charge is 0.488 e. The minimum Gasteiger partial charge on any atom is -0.488 e. The Balaban J connectivity index is 0.00000324. The van der Waals surface area contributed by atoms with E-state index in [1.54, 1.807) is 6.08 Å². The summed E-state index contributed by atoms with van der Waals surface area (Å²) >= 11 is 0. The lowest BCUT2D eigenvalue weighted by Gasteiger charge is -2.18. The van der Waals surface area contributed by atoms with Crippen LogP contribution < -0.4 is 9.47 Å². The SMILES string of the molecule is C=CCOc1ccccc1OCCN(CC)CC.Cl. The molecule has 1 rings (SSSR count). The fraction of sp³-hybridized carbons (Fsp3) is 0.467. The van der Waals surface area contributed by atoms with Crippen LogP contribution in [0.2, 0.25) is 0 Å². The summed E-state index contributed by atoms with van der Waals surface area (Å²) in [5.74, 6) is 1.57. The van der Waals surface area contributed by atoms with E-state index in [1.165, 1.54) is 0 Å². The third kappa shape index (κ3) is 6.50. The number of nitrogens with zero attached hydrogens (tertiary/aromatic N) is 1. The summed E-state index contributed by atoms with van der Waals surface area (Å²) in [6, 6.07) is 7.74. The zero-order chi connectivity index (χ0) is 13.2. The first-order valence-corrected chi connectivity index (χ1v) is 6.49. The van der Waals surface area contributed by atoms with Gasteiger partial charge in [-0.3, -0.25) is 0 Å². The van der Waals surface area contributed by atoms with Gasteiger partial charge in [-0.05, 0) is 25.2 Å². The molecule has 0 saturated carbocycles. The van der Waals surface area contributed by atoms with Gasteiger partial charge in [-0.1, -0.05) is 38.6 Å². The summed E-state index contributed by atoms with van der Waals surface area (Å²) in [7, 11) is 0. The van der Waals surface area contributed by atoms with E-state index in [-0.39, 0.29) is 12.4 Å². The van der Waals surface area contributed by atoms with Crippen LogP contribution in [0.3, 0.4) is 0 Å². The summed E-state index contributed by atoms with van der Waals surface area (Å²) < 4.78 is 11.3. The van der Waals surface area contributed by atoms with Crippen molar-refractivity contribution in [2.45, 2.75) is 13.8 Å². The number of ether oxygens (including phenoxy) is 2. The molecule has 0 spiro atoms. The molecule has 0 heterocycles. The van der Waals surface area contributed by atoms with Crippen LogP contribution in [0.25, 0.3) is 0 Å². The summed E-state index contributed by atoms with van der Waals surface area (Å²) in [5.41, 5.74) is 0. The van der Waals surface area contributed by atoms with Gasteiger partial charge in [-0.15, -0.1) is 12.4 Å². The number of para-hydroxylation sites is 2. The molecule has 108 valence electrons. The highest BCUT2D eigenvalue weighted by Gasteiger charge is 2.04. The Morgan fingerprint density at radius 3 is 2.21 bits per heavy atom. The summed E-state index contributed by atoms with van der Waals surface area (Å²) in [4.78, 5) is 2.33. The molecule has 0 aliphatic carbocycles. The Morgan fingerprint density at radius 1 is 1.11 bits per heavy atom. The van der Waals surface area contributed by atoms with Crippen molar-refractivity contribution in [2.75, 3.05) is 32.8 Å². The van der Waals surface area contributed by atoms with Gasteiger partial charge in [0.25, 0.3) is 0 Å². The van der Waals surface area contributed by atoms with E-state index in [4.69, 9.17) is 9.47 Å². The van der Waals surface area contributed by atoms with Gasteiger partial charge in [0.1, 0.15) is 13.2 Å². The van der Waals surface area contributed by atoms with Crippen molar-refractivity contribution in [1.29, 1.82) is 0 Å². The van der Waals surface area contributed by atoms with Crippen LogP contribution in [0.1, 0.15) is 13.8 Å². The van der Waals surface area contributed by atoms with Gasteiger partial charge < -0.3 is 14.4 Å². The topological polar surface area (TPSA) is 21.7 Å². The van der Waals surface area contributed by atoms with Gasteiger partial charge in [0.2, 0.25) is 0 Å². The van der Waals surface area contributed by atoms with Crippen LogP contribution in [-0.2, 0) is 0 Å². The molecule has 0 amide bonds. The zero-order valence-electron chi connectivity index (χ0n) is 11.8. The van der Waals surface area contributed by atoms with E-state index in [9.17, 15) is 0 Å². The molecule has 1 aromatic rings. The fourth-order valence-electron chi connectivity index (χ4n) is 1.66. The number of likely N-dealkylation sites (N-methyl/N-ethyl adjacent to an activating group) is 1. The van der Waals surface area contributed by atoms with E-state index in [2.05, 4.69) is 25.3 Å². The summed E-state index contributed by atoms with van der Waals surface area (Å²) in [6.45, 7) is 12.2. The molecule has 0 aromatic heterocycles. The van der Waals surface area contributed by atoms with E-state index in [0.717, 1.165) is 31.1 Å². The molecular weight excluding hydrogens is 262 g/mol. The first-order chi connectivity index (χ1) is 8.81. The second-order valence-electron chi connectivity index (χ2n) is 3.92. The monoisotopic (exact) mass is 285 g/mol. The number of benzene rings is 1. The highest BCUT2D eigenvalue weighted by molar-refractivity contribution is 5.85. The maximum Gasteiger partial charge on any atom is 0.161 e. The molecule has 1 aromatic carbocycles. The molecular formula is C15H24ClNO2. The van der Waals surface area contributed by atoms with Crippen molar-refractivity contribution in [3.63, 3.8) is 0 Å². The van der Waals surface area contributed by atoms with E-state index in [0.29, 0.717) is 13.2 Å². The second-order valence-corrected chi connectivity index (χ2v) is 3.92. The van der Waals surface area contributed by atoms with E-state index < -0.39 is 0 Å². The van der Waals surface area contributed by atoms with Crippen molar-refractivity contribution in [1.82, 2.24) is 4.90 Å². The molecule has 0 bridgehead atoms. The van der Waals surface area contributed by atoms with Crippen LogP contribution in [0, 0.1) is 0 Å². The minimum atomic E-state index is 0. The standard InChI is InChI=1S/C15H23NO2.ClH/c1-4-12-17-14-9-7-8-10-15(14)18-13-11-16(5-2)6-3;/h4,7-10H,1,5-6,11-13H2,2-3H3;1H. The predicted molar refractivity (Wildman–Crippen MR) is 82.7 cm³/mol. The summed E-state index contributed by atoms with van der Waals surface area (Å²) in [5, 5.41) is 0. The second kappa shape index (κ2) is 10.7. The first kappa shape index (κ1) is 17.8. The Hall–Kier alpha value is -1.19. The van der Waals surface area contributed by atoms with Gasteiger partial charge in [0.15, 0.2) is 11.5 Å². The van der Waals surface area contributed by atoms with Crippen molar-refractivity contribution in [3.8, 4) is 11.5 Å². The molecule has 19 heavy (non-hydrogen) atoms. The molecule has 0 aliphatic heterocycles.